The van der Waals surface area contributed by atoms with Gasteiger partial charge in [-0.1, -0.05) is 13.0 Å². The van der Waals surface area contributed by atoms with Crippen molar-refractivity contribution in [3.8, 4) is 0 Å². The van der Waals surface area contributed by atoms with E-state index in [2.05, 4.69) is 26.8 Å². The Morgan fingerprint density at radius 3 is 2.74 bits per heavy atom. The Morgan fingerprint density at radius 1 is 1.26 bits per heavy atom. The minimum Gasteiger partial charge on any atom is -0.395 e. The number of aliphatic hydroxyl groups is 1. The van der Waals surface area contributed by atoms with E-state index in [1.54, 1.807) is 12.4 Å². The molecule has 0 aromatic carbocycles. The Labute approximate surface area is 113 Å². The first-order valence-corrected chi connectivity index (χ1v) is 6.56. The van der Waals surface area contributed by atoms with Gasteiger partial charge in [0, 0.05) is 31.2 Å². The molecule has 0 saturated carbocycles. The summed E-state index contributed by atoms with van der Waals surface area (Å²) in [5, 5.41) is 9.51. The van der Waals surface area contributed by atoms with Crippen LogP contribution in [-0.2, 0) is 13.1 Å². The van der Waals surface area contributed by atoms with Crippen molar-refractivity contribution in [2.24, 2.45) is 0 Å². The van der Waals surface area contributed by atoms with E-state index < -0.39 is 0 Å². The molecule has 2 heterocycles. The molecule has 0 amide bonds. The summed E-state index contributed by atoms with van der Waals surface area (Å²) >= 11 is 0. The summed E-state index contributed by atoms with van der Waals surface area (Å²) in [6.45, 7) is 3.61. The summed E-state index contributed by atoms with van der Waals surface area (Å²) in [5.41, 5.74) is 1.00. The molecule has 0 aliphatic rings. The molecule has 2 N–H and O–H groups in total. The maximum absolute atomic E-state index is 9.51. The van der Waals surface area contributed by atoms with Crippen LogP contribution in [-0.4, -0.2) is 37.6 Å². The van der Waals surface area contributed by atoms with Crippen LogP contribution >= 0.6 is 0 Å². The highest BCUT2D eigenvalue weighted by molar-refractivity contribution is 5.04. The van der Waals surface area contributed by atoms with Gasteiger partial charge in [0.25, 0.3) is 0 Å². The van der Waals surface area contributed by atoms with Gasteiger partial charge in [0.15, 0.2) is 0 Å². The molecule has 2 aromatic heterocycles. The summed E-state index contributed by atoms with van der Waals surface area (Å²) < 4.78 is 0. The van der Waals surface area contributed by atoms with Crippen LogP contribution in [0.3, 0.4) is 0 Å². The second-order valence-corrected chi connectivity index (χ2v) is 4.51. The molecule has 0 radical (unpaired) electrons. The molecule has 2 aromatic rings. The quantitative estimate of drug-likeness (QED) is 0.793. The molecule has 5 nitrogen and oxygen atoms in total. The first kappa shape index (κ1) is 13.7. The number of aliphatic hydroxyl groups excluding tert-OH is 1. The smallest absolute Gasteiger partial charge is 0.120 e. The number of H-pyrrole nitrogens is 1. The number of imidazole rings is 1. The standard InChI is InChI=1S/C14H20N4O/c1-2-13(11-19)18(10-14-16-7-8-17-14)9-12-5-3-4-6-15-12/h3-8,13,19H,2,9-11H2,1H3,(H,16,17). The van der Waals surface area contributed by atoms with E-state index >= 15 is 0 Å². The highest BCUT2D eigenvalue weighted by Gasteiger charge is 2.18. The zero-order valence-electron chi connectivity index (χ0n) is 11.2. The van der Waals surface area contributed by atoms with Gasteiger partial charge >= 0.3 is 0 Å². The highest BCUT2D eigenvalue weighted by atomic mass is 16.3. The third-order valence-electron chi connectivity index (χ3n) is 3.20. The number of hydrogen-bond donors (Lipinski definition) is 2. The van der Waals surface area contributed by atoms with Crippen LogP contribution < -0.4 is 0 Å². The minimum absolute atomic E-state index is 0.118. The lowest BCUT2D eigenvalue weighted by Crippen LogP contribution is -2.37. The molecular weight excluding hydrogens is 240 g/mol. The lowest BCUT2D eigenvalue weighted by atomic mass is 10.2. The van der Waals surface area contributed by atoms with Crippen LogP contribution in [0, 0.1) is 0 Å². The Hall–Kier alpha value is -1.72. The highest BCUT2D eigenvalue weighted by Crippen LogP contribution is 2.12. The van der Waals surface area contributed by atoms with Gasteiger partial charge < -0.3 is 10.1 Å². The number of nitrogens with one attached hydrogen (secondary N) is 1. The lowest BCUT2D eigenvalue weighted by molar-refractivity contribution is 0.103. The van der Waals surface area contributed by atoms with Crippen LogP contribution in [0.25, 0.3) is 0 Å². The van der Waals surface area contributed by atoms with Crippen LogP contribution in [0.2, 0.25) is 0 Å². The molecule has 0 bridgehead atoms. The van der Waals surface area contributed by atoms with Crippen molar-refractivity contribution in [1.29, 1.82) is 0 Å². The van der Waals surface area contributed by atoms with E-state index in [0.717, 1.165) is 17.9 Å². The number of pyridine rings is 1. The van der Waals surface area contributed by atoms with E-state index in [1.165, 1.54) is 0 Å². The number of nitrogens with zero attached hydrogens (tertiary/aromatic N) is 3. The Kier molecular flexibility index (Phi) is 5.06. The average molecular weight is 260 g/mol. The molecule has 5 heteroatoms. The molecule has 0 spiro atoms. The average Bonchev–Trinajstić information content (AvgIpc) is 2.94. The van der Waals surface area contributed by atoms with E-state index in [4.69, 9.17) is 0 Å². The third-order valence-corrected chi connectivity index (χ3v) is 3.20. The summed E-state index contributed by atoms with van der Waals surface area (Å²) in [6.07, 6.45) is 6.24. The number of rotatable bonds is 7. The van der Waals surface area contributed by atoms with Crippen molar-refractivity contribution < 1.29 is 5.11 Å². The van der Waals surface area contributed by atoms with Gasteiger partial charge in [0.1, 0.15) is 5.82 Å². The second-order valence-electron chi connectivity index (χ2n) is 4.51. The summed E-state index contributed by atoms with van der Waals surface area (Å²) in [6, 6.07) is 6.00. The van der Waals surface area contributed by atoms with Gasteiger partial charge in [-0.15, -0.1) is 0 Å². The second kappa shape index (κ2) is 7.01. The van der Waals surface area contributed by atoms with Crippen molar-refractivity contribution in [2.75, 3.05) is 6.61 Å². The van der Waals surface area contributed by atoms with Gasteiger partial charge in [0.2, 0.25) is 0 Å². The Balaban J connectivity index is 2.09. The Morgan fingerprint density at radius 2 is 2.16 bits per heavy atom. The molecule has 0 saturated heterocycles. The van der Waals surface area contributed by atoms with Crippen molar-refractivity contribution in [2.45, 2.75) is 32.5 Å². The first-order chi connectivity index (χ1) is 9.33. The number of aromatic amines is 1. The third kappa shape index (κ3) is 3.87. The maximum atomic E-state index is 9.51. The lowest BCUT2D eigenvalue weighted by Gasteiger charge is -2.28. The van der Waals surface area contributed by atoms with Gasteiger partial charge in [0.05, 0.1) is 18.8 Å². The van der Waals surface area contributed by atoms with Gasteiger partial charge in [-0.25, -0.2) is 4.98 Å². The fourth-order valence-electron chi connectivity index (χ4n) is 2.09. The molecule has 19 heavy (non-hydrogen) atoms. The fraction of sp³-hybridized carbons (Fsp3) is 0.429. The molecule has 1 atom stereocenters. The van der Waals surface area contributed by atoms with Gasteiger partial charge in [-0.05, 0) is 18.6 Å². The van der Waals surface area contributed by atoms with Crippen molar-refractivity contribution in [3.05, 3.63) is 48.3 Å². The van der Waals surface area contributed by atoms with Crippen molar-refractivity contribution >= 4 is 0 Å². The van der Waals surface area contributed by atoms with Gasteiger partial charge in [-0.3, -0.25) is 9.88 Å². The predicted molar refractivity (Wildman–Crippen MR) is 73.2 cm³/mol. The molecule has 0 aliphatic carbocycles. The van der Waals surface area contributed by atoms with Gasteiger partial charge in [-0.2, -0.15) is 0 Å². The summed E-state index contributed by atoms with van der Waals surface area (Å²) in [4.78, 5) is 13.9. The Bertz CT molecular complexity index is 454. The molecule has 0 fully saturated rings. The van der Waals surface area contributed by atoms with Crippen LogP contribution in [0.5, 0.6) is 0 Å². The van der Waals surface area contributed by atoms with E-state index in [-0.39, 0.29) is 12.6 Å². The van der Waals surface area contributed by atoms with E-state index in [0.29, 0.717) is 13.1 Å². The normalized spacial score (nSPS) is 12.8. The van der Waals surface area contributed by atoms with Crippen LogP contribution in [0.15, 0.2) is 36.8 Å². The minimum atomic E-state index is 0.118. The maximum Gasteiger partial charge on any atom is 0.120 e. The monoisotopic (exact) mass is 260 g/mol. The molecule has 0 aliphatic heterocycles. The van der Waals surface area contributed by atoms with E-state index in [1.807, 2.05) is 24.4 Å². The van der Waals surface area contributed by atoms with Crippen molar-refractivity contribution in [3.63, 3.8) is 0 Å². The van der Waals surface area contributed by atoms with E-state index in [9.17, 15) is 5.11 Å². The summed E-state index contributed by atoms with van der Waals surface area (Å²) in [5.74, 6) is 0.905. The number of aromatic nitrogens is 3. The van der Waals surface area contributed by atoms with Crippen molar-refractivity contribution in [1.82, 2.24) is 19.9 Å². The largest absolute Gasteiger partial charge is 0.395 e. The SMILES string of the molecule is CCC(CO)N(Cc1ccccn1)Cc1ncc[nH]1. The number of hydrogen-bond acceptors (Lipinski definition) is 4. The van der Waals surface area contributed by atoms with Crippen LogP contribution in [0.1, 0.15) is 24.9 Å². The zero-order valence-corrected chi connectivity index (χ0v) is 11.2. The topological polar surface area (TPSA) is 65.0 Å². The molecule has 102 valence electrons. The molecule has 2 rings (SSSR count). The zero-order chi connectivity index (χ0) is 13.5. The molecular formula is C14H20N4O. The summed E-state index contributed by atoms with van der Waals surface area (Å²) in [7, 11) is 0. The first-order valence-electron chi connectivity index (χ1n) is 6.56. The van der Waals surface area contributed by atoms with Crippen LogP contribution in [0.4, 0.5) is 0 Å². The fourth-order valence-corrected chi connectivity index (χ4v) is 2.09. The predicted octanol–water partition coefficient (Wildman–Crippen LogP) is 1.58. The molecule has 1 unspecified atom stereocenters.